The molecule has 1 fully saturated rings. The second-order valence-corrected chi connectivity index (χ2v) is 8.63. The number of fused-ring (bicyclic) bond motifs is 1. The van der Waals surface area contributed by atoms with E-state index in [1.165, 1.54) is 0 Å². The smallest absolute Gasteiger partial charge is 0.254 e. The highest BCUT2D eigenvalue weighted by molar-refractivity contribution is 5.96. The van der Waals surface area contributed by atoms with Gasteiger partial charge in [0.05, 0.1) is 26.9 Å². The van der Waals surface area contributed by atoms with E-state index in [-0.39, 0.29) is 30.8 Å². The summed E-state index contributed by atoms with van der Waals surface area (Å²) in [6.07, 6.45) is 0.474. The minimum absolute atomic E-state index is 0.00903. The van der Waals surface area contributed by atoms with Gasteiger partial charge in [0.1, 0.15) is 11.5 Å². The average Bonchev–Trinajstić information content (AvgIpc) is 3.38. The van der Waals surface area contributed by atoms with E-state index in [0.717, 1.165) is 6.42 Å². The SMILES string of the molecule is CCC(C)N(CC1CN(C(=O)c2cc(OC)cc(OC)c2)CCO1)C(=O)c1ccc2c(c1)OCO2. The van der Waals surface area contributed by atoms with E-state index >= 15 is 0 Å². The molecule has 9 heteroatoms. The zero-order valence-electron chi connectivity index (χ0n) is 20.6. The van der Waals surface area contributed by atoms with Crippen LogP contribution in [-0.4, -0.2) is 81.0 Å². The van der Waals surface area contributed by atoms with Gasteiger partial charge in [0, 0.05) is 42.9 Å². The summed E-state index contributed by atoms with van der Waals surface area (Å²) in [5.41, 5.74) is 1.01. The monoisotopic (exact) mass is 484 g/mol. The summed E-state index contributed by atoms with van der Waals surface area (Å²) in [5, 5.41) is 0. The Kier molecular flexibility index (Phi) is 7.65. The number of carbonyl (C=O) groups excluding carboxylic acids is 2. The number of methoxy groups -OCH3 is 2. The molecule has 2 amide bonds. The van der Waals surface area contributed by atoms with Crippen LogP contribution in [0.1, 0.15) is 41.0 Å². The van der Waals surface area contributed by atoms with Crippen molar-refractivity contribution in [1.29, 1.82) is 0 Å². The van der Waals surface area contributed by atoms with Crippen molar-refractivity contribution in [2.75, 3.05) is 47.3 Å². The van der Waals surface area contributed by atoms with Gasteiger partial charge in [0.15, 0.2) is 11.5 Å². The van der Waals surface area contributed by atoms with E-state index in [2.05, 4.69) is 0 Å². The van der Waals surface area contributed by atoms with E-state index in [1.54, 1.807) is 55.5 Å². The van der Waals surface area contributed by atoms with Gasteiger partial charge in [-0.25, -0.2) is 0 Å². The van der Waals surface area contributed by atoms with Crippen LogP contribution in [0, 0.1) is 0 Å². The van der Waals surface area contributed by atoms with Crippen LogP contribution in [0.5, 0.6) is 23.0 Å². The van der Waals surface area contributed by atoms with E-state index in [4.69, 9.17) is 23.7 Å². The Hall–Kier alpha value is -3.46. The quantitative estimate of drug-likeness (QED) is 0.569. The van der Waals surface area contributed by atoms with Gasteiger partial charge >= 0.3 is 0 Å². The first-order valence-electron chi connectivity index (χ1n) is 11.8. The lowest BCUT2D eigenvalue weighted by molar-refractivity contribution is -0.0367. The second-order valence-electron chi connectivity index (χ2n) is 8.63. The summed E-state index contributed by atoms with van der Waals surface area (Å²) >= 11 is 0. The summed E-state index contributed by atoms with van der Waals surface area (Å²) in [4.78, 5) is 30.3. The zero-order chi connectivity index (χ0) is 24.9. The van der Waals surface area contributed by atoms with Crippen LogP contribution in [-0.2, 0) is 4.74 Å². The molecule has 0 saturated carbocycles. The van der Waals surface area contributed by atoms with Gasteiger partial charge in [-0.05, 0) is 43.7 Å². The Bertz CT molecular complexity index is 1050. The van der Waals surface area contributed by atoms with Crippen LogP contribution in [0.4, 0.5) is 0 Å². The molecule has 2 aliphatic heterocycles. The van der Waals surface area contributed by atoms with Gasteiger partial charge in [-0.3, -0.25) is 9.59 Å². The third kappa shape index (κ3) is 5.45. The van der Waals surface area contributed by atoms with Gasteiger partial charge in [-0.15, -0.1) is 0 Å². The van der Waals surface area contributed by atoms with E-state index in [9.17, 15) is 9.59 Å². The van der Waals surface area contributed by atoms with Crippen LogP contribution >= 0.6 is 0 Å². The molecule has 2 aliphatic rings. The maximum Gasteiger partial charge on any atom is 0.254 e. The summed E-state index contributed by atoms with van der Waals surface area (Å²) in [6.45, 7) is 5.81. The Morgan fingerprint density at radius 3 is 2.46 bits per heavy atom. The molecule has 0 aromatic heterocycles. The highest BCUT2D eigenvalue weighted by atomic mass is 16.7. The molecule has 0 radical (unpaired) electrons. The molecule has 0 aliphatic carbocycles. The highest BCUT2D eigenvalue weighted by Crippen LogP contribution is 2.33. The first-order chi connectivity index (χ1) is 16.9. The number of morpholine rings is 1. The Labute approximate surface area is 205 Å². The lowest BCUT2D eigenvalue weighted by atomic mass is 10.1. The third-order valence-corrected chi connectivity index (χ3v) is 6.43. The number of amides is 2. The van der Waals surface area contributed by atoms with Crippen LogP contribution < -0.4 is 18.9 Å². The number of benzene rings is 2. The number of hydrogen-bond acceptors (Lipinski definition) is 7. The fraction of sp³-hybridized carbons (Fsp3) is 0.462. The Morgan fingerprint density at radius 1 is 1.06 bits per heavy atom. The van der Waals surface area contributed by atoms with Gasteiger partial charge in [-0.2, -0.15) is 0 Å². The maximum atomic E-state index is 13.5. The van der Waals surface area contributed by atoms with Crippen molar-refractivity contribution < 1.29 is 33.3 Å². The lowest BCUT2D eigenvalue weighted by Gasteiger charge is -2.37. The molecular formula is C26H32N2O7. The number of hydrogen-bond donors (Lipinski definition) is 0. The summed E-state index contributed by atoms with van der Waals surface area (Å²) < 4.78 is 27.4. The van der Waals surface area contributed by atoms with Gasteiger partial charge in [0.25, 0.3) is 11.8 Å². The molecule has 2 aromatic carbocycles. The van der Waals surface area contributed by atoms with Gasteiger partial charge in [0.2, 0.25) is 6.79 Å². The molecule has 188 valence electrons. The predicted octanol–water partition coefficient (Wildman–Crippen LogP) is 3.21. The molecule has 2 atom stereocenters. The van der Waals surface area contributed by atoms with E-state index < -0.39 is 0 Å². The van der Waals surface area contributed by atoms with E-state index in [1.807, 2.05) is 18.7 Å². The van der Waals surface area contributed by atoms with Crippen molar-refractivity contribution >= 4 is 11.8 Å². The molecule has 0 N–H and O–H groups in total. The second kappa shape index (κ2) is 10.9. The summed E-state index contributed by atoms with van der Waals surface area (Å²) in [5.74, 6) is 2.06. The molecule has 2 heterocycles. The maximum absolute atomic E-state index is 13.5. The zero-order valence-corrected chi connectivity index (χ0v) is 20.6. The van der Waals surface area contributed by atoms with Crippen molar-refractivity contribution in [1.82, 2.24) is 9.80 Å². The van der Waals surface area contributed by atoms with Crippen molar-refractivity contribution in [2.24, 2.45) is 0 Å². The van der Waals surface area contributed by atoms with Crippen LogP contribution in [0.3, 0.4) is 0 Å². The fourth-order valence-corrected chi connectivity index (χ4v) is 4.23. The Balaban J connectivity index is 1.48. The topological polar surface area (TPSA) is 86.8 Å². The molecule has 1 saturated heterocycles. The number of rotatable bonds is 8. The average molecular weight is 485 g/mol. The summed E-state index contributed by atoms with van der Waals surface area (Å²) in [6, 6.07) is 10.3. The lowest BCUT2D eigenvalue weighted by Crippen LogP contribution is -2.52. The van der Waals surface area contributed by atoms with E-state index in [0.29, 0.717) is 60.4 Å². The predicted molar refractivity (Wildman–Crippen MR) is 129 cm³/mol. The largest absolute Gasteiger partial charge is 0.497 e. The van der Waals surface area contributed by atoms with Crippen molar-refractivity contribution in [3.8, 4) is 23.0 Å². The molecule has 35 heavy (non-hydrogen) atoms. The van der Waals surface area contributed by atoms with Crippen molar-refractivity contribution in [3.05, 3.63) is 47.5 Å². The fourth-order valence-electron chi connectivity index (χ4n) is 4.23. The first-order valence-corrected chi connectivity index (χ1v) is 11.8. The summed E-state index contributed by atoms with van der Waals surface area (Å²) in [7, 11) is 3.10. The highest BCUT2D eigenvalue weighted by Gasteiger charge is 2.31. The van der Waals surface area contributed by atoms with Crippen molar-refractivity contribution in [2.45, 2.75) is 32.4 Å². The van der Waals surface area contributed by atoms with Crippen LogP contribution in [0.2, 0.25) is 0 Å². The minimum atomic E-state index is -0.313. The Morgan fingerprint density at radius 2 is 1.77 bits per heavy atom. The molecule has 2 aromatic rings. The molecule has 4 rings (SSSR count). The molecule has 0 spiro atoms. The number of nitrogens with zero attached hydrogens (tertiary/aromatic N) is 2. The number of carbonyl (C=O) groups is 2. The standard InChI is InChI=1S/C26H32N2O7/c1-5-17(2)28(26(30)18-6-7-23-24(12-18)35-16-34-23)15-22-14-27(8-9-33-22)25(29)19-10-20(31-3)13-21(11-19)32-4/h6-7,10-13,17,22H,5,8-9,14-16H2,1-4H3. The van der Waals surface area contributed by atoms with Crippen LogP contribution in [0.25, 0.3) is 0 Å². The number of ether oxygens (including phenoxy) is 5. The van der Waals surface area contributed by atoms with Gasteiger partial charge < -0.3 is 33.5 Å². The molecular weight excluding hydrogens is 452 g/mol. The van der Waals surface area contributed by atoms with Crippen molar-refractivity contribution in [3.63, 3.8) is 0 Å². The molecule has 2 unspecified atom stereocenters. The third-order valence-electron chi connectivity index (χ3n) is 6.43. The first kappa shape index (κ1) is 24.7. The van der Waals surface area contributed by atoms with Gasteiger partial charge in [-0.1, -0.05) is 6.92 Å². The normalized spacial score (nSPS) is 17.6. The minimum Gasteiger partial charge on any atom is -0.497 e. The molecule has 9 nitrogen and oxygen atoms in total. The van der Waals surface area contributed by atoms with Crippen LogP contribution in [0.15, 0.2) is 36.4 Å². The molecule has 0 bridgehead atoms.